The number of halogens is 3. The molecule has 0 bridgehead atoms. The number of rotatable bonds is 6. The summed E-state index contributed by atoms with van der Waals surface area (Å²) in [6.07, 6.45) is 3.25. The van der Waals surface area contributed by atoms with Gasteiger partial charge in [0, 0.05) is 61.5 Å². The first-order valence-electron chi connectivity index (χ1n) is 12.5. The quantitative estimate of drug-likeness (QED) is 0.321. The first-order chi connectivity index (χ1) is 18.5. The molecule has 2 aromatic heterocycles. The minimum absolute atomic E-state index is 0.0221. The van der Waals surface area contributed by atoms with E-state index in [2.05, 4.69) is 25.2 Å². The van der Waals surface area contributed by atoms with Gasteiger partial charge in [0.15, 0.2) is 10.9 Å². The second-order valence-electron chi connectivity index (χ2n) is 9.22. The van der Waals surface area contributed by atoms with Crippen molar-refractivity contribution < 1.29 is 13.5 Å². The van der Waals surface area contributed by atoms with Gasteiger partial charge in [0.2, 0.25) is 0 Å². The van der Waals surface area contributed by atoms with E-state index in [1.807, 2.05) is 17.0 Å². The first kappa shape index (κ1) is 25.0. The van der Waals surface area contributed by atoms with E-state index in [1.54, 1.807) is 18.4 Å². The maximum atomic E-state index is 16.4. The number of allylic oxidation sites excluding steroid dienone is 1. The number of piperazine rings is 1. The number of anilines is 2. The Balaban J connectivity index is 1.50. The van der Waals surface area contributed by atoms with Crippen molar-refractivity contribution >= 4 is 55.0 Å². The lowest BCUT2D eigenvalue weighted by Gasteiger charge is -2.29. The Morgan fingerprint density at radius 1 is 1.16 bits per heavy atom. The van der Waals surface area contributed by atoms with Gasteiger partial charge in [0.25, 0.3) is 0 Å². The van der Waals surface area contributed by atoms with E-state index in [9.17, 15) is 4.39 Å². The highest BCUT2D eigenvalue weighted by atomic mass is 35.5. The van der Waals surface area contributed by atoms with E-state index in [0.29, 0.717) is 47.1 Å². The second-order valence-corrected chi connectivity index (χ2v) is 10.7. The summed E-state index contributed by atoms with van der Waals surface area (Å²) < 4.78 is 36.1. The summed E-state index contributed by atoms with van der Waals surface area (Å²) in [4.78, 5) is 17.6. The topological polar surface area (TPSA) is 92.4 Å². The largest absolute Gasteiger partial charge is 0.430 e. The van der Waals surface area contributed by atoms with E-state index in [0.717, 1.165) is 42.9 Å². The van der Waals surface area contributed by atoms with Gasteiger partial charge < -0.3 is 25.6 Å². The number of hydrogen-bond acceptors (Lipinski definition) is 9. The number of ether oxygens (including phenoxy) is 1. The van der Waals surface area contributed by atoms with Crippen LogP contribution < -0.4 is 20.7 Å². The maximum Gasteiger partial charge on any atom is 0.324 e. The predicted octanol–water partition coefficient (Wildman–Crippen LogP) is 4.98. The summed E-state index contributed by atoms with van der Waals surface area (Å²) >= 11 is 8.07. The van der Waals surface area contributed by atoms with E-state index in [-0.39, 0.29) is 22.1 Å². The molecule has 0 unspecified atom stereocenters. The third kappa shape index (κ3) is 4.59. The number of alkyl halides is 1. The Morgan fingerprint density at radius 2 is 2.00 bits per heavy atom. The van der Waals surface area contributed by atoms with Crippen LogP contribution >= 0.6 is 22.9 Å². The molecule has 8 nitrogen and oxygen atoms in total. The minimum Gasteiger partial charge on any atom is -0.430 e. The fourth-order valence-electron chi connectivity index (χ4n) is 5.11. The number of para-hydroxylation sites is 1. The molecule has 2 fully saturated rings. The molecule has 2 aliphatic rings. The zero-order chi connectivity index (χ0) is 26.2. The van der Waals surface area contributed by atoms with E-state index >= 15 is 4.39 Å². The van der Waals surface area contributed by atoms with Crippen LogP contribution in [0, 0.1) is 5.82 Å². The lowest BCUT2D eigenvalue weighted by Crippen LogP contribution is -2.44. The van der Waals surface area contributed by atoms with E-state index in [1.165, 1.54) is 11.3 Å². The van der Waals surface area contributed by atoms with Gasteiger partial charge in [-0.15, -0.1) is 0 Å². The Hall–Kier alpha value is -3.28. The number of fused-ring (bicyclic) bond motifs is 2. The van der Waals surface area contributed by atoms with Gasteiger partial charge in [-0.05, 0) is 25.0 Å². The highest BCUT2D eigenvalue weighted by Crippen LogP contribution is 2.42. The number of nitrogens with one attached hydrogen (secondary N) is 1. The van der Waals surface area contributed by atoms with Gasteiger partial charge >= 0.3 is 6.01 Å². The predicted molar refractivity (Wildman–Crippen MR) is 148 cm³/mol. The van der Waals surface area contributed by atoms with Crippen LogP contribution in [0.3, 0.4) is 0 Å². The van der Waals surface area contributed by atoms with Crippen LogP contribution in [-0.2, 0) is 0 Å². The molecule has 0 spiro atoms. The summed E-state index contributed by atoms with van der Waals surface area (Å²) in [6.45, 7) is 3.56. The zero-order valence-corrected chi connectivity index (χ0v) is 22.1. The molecule has 2 saturated heterocycles. The van der Waals surface area contributed by atoms with Crippen LogP contribution in [0.4, 0.5) is 19.7 Å². The third-order valence-electron chi connectivity index (χ3n) is 6.89. The van der Waals surface area contributed by atoms with Crippen LogP contribution in [0.1, 0.15) is 12.8 Å². The average Bonchev–Trinajstić information content (AvgIpc) is 3.53. The average molecular weight is 558 g/mol. The van der Waals surface area contributed by atoms with Crippen LogP contribution in [0.5, 0.6) is 6.01 Å². The molecule has 0 aliphatic carbocycles. The molecular formula is C26H26ClF2N7OS. The molecule has 2 aromatic carbocycles. The van der Waals surface area contributed by atoms with Gasteiger partial charge in [-0.2, -0.15) is 9.97 Å². The first-order valence-corrected chi connectivity index (χ1v) is 13.7. The van der Waals surface area contributed by atoms with E-state index in [4.69, 9.17) is 22.1 Å². The number of thiazole rings is 1. The number of aromatic nitrogens is 3. The smallest absolute Gasteiger partial charge is 0.324 e. The molecule has 0 amide bonds. The van der Waals surface area contributed by atoms with Gasteiger partial charge in [0.05, 0.1) is 15.2 Å². The monoisotopic (exact) mass is 557 g/mol. The molecule has 12 heteroatoms. The van der Waals surface area contributed by atoms with E-state index < -0.39 is 12.5 Å². The Morgan fingerprint density at radius 3 is 2.82 bits per heavy atom. The van der Waals surface area contributed by atoms with Crippen molar-refractivity contribution in [1.82, 2.24) is 25.2 Å². The SMILES string of the molecule is Nc1nc2c(-c3c(Cl)cc4c(N5CCNCC5)nc(O/C=C5/CCCN5CCF)nc4c3F)cccc2s1. The number of hydrogen-bond donors (Lipinski definition) is 2. The normalized spacial score (nSPS) is 17.3. The van der Waals surface area contributed by atoms with Crippen molar-refractivity contribution in [2.45, 2.75) is 12.8 Å². The number of nitrogen functional groups attached to an aromatic ring is 1. The molecule has 0 saturated carbocycles. The Kier molecular flexibility index (Phi) is 6.89. The number of benzene rings is 2. The molecule has 4 heterocycles. The van der Waals surface area contributed by atoms with Gasteiger partial charge in [-0.25, -0.2) is 13.8 Å². The van der Waals surface area contributed by atoms with Crippen LogP contribution in [0.2, 0.25) is 5.02 Å². The van der Waals surface area contributed by atoms with Gasteiger partial charge in [-0.1, -0.05) is 35.1 Å². The zero-order valence-electron chi connectivity index (χ0n) is 20.5. The number of nitrogens with zero attached hydrogens (tertiary/aromatic N) is 5. The maximum absolute atomic E-state index is 16.4. The van der Waals surface area contributed by atoms with Crippen molar-refractivity contribution in [2.75, 3.05) is 56.6 Å². The van der Waals surface area contributed by atoms with Crippen molar-refractivity contribution in [3.63, 3.8) is 0 Å². The van der Waals surface area contributed by atoms with Crippen LogP contribution in [-0.4, -0.2) is 65.8 Å². The molecular weight excluding hydrogens is 532 g/mol. The summed E-state index contributed by atoms with van der Waals surface area (Å²) in [5, 5.41) is 4.45. The van der Waals surface area contributed by atoms with Crippen molar-refractivity contribution in [3.8, 4) is 17.1 Å². The lowest BCUT2D eigenvalue weighted by molar-refractivity contribution is 0.322. The molecule has 3 N–H and O–H groups in total. The van der Waals surface area contributed by atoms with Crippen molar-refractivity contribution in [2.24, 2.45) is 0 Å². The molecule has 4 aromatic rings. The highest BCUT2D eigenvalue weighted by Gasteiger charge is 2.25. The number of nitrogens with two attached hydrogens (primary N) is 1. The van der Waals surface area contributed by atoms with Gasteiger partial charge in [-0.3, -0.25) is 0 Å². The Bertz CT molecular complexity index is 1540. The molecule has 0 atom stereocenters. The second kappa shape index (κ2) is 10.5. The molecule has 6 rings (SSSR count). The van der Waals surface area contributed by atoms with Gasteiger partial charge in [0.1, 0.15) is 24.3 Å². The van der Waals surface area contributed by atoms with Crippen LogP contribution in [0.25, 0.3) is 32.2 Å². The number of likely N-dealkylation sites (tertiary alicyclic amines) is 1. The summed E-state index contributed by atoms with van der Waals surface area (Å²) in [7, 11) is 0. The molecule has 38 heavy (non-hydrogen) atoms. The molecule has 198 valence electrons. The standard InChI is InChI=1S/C26H26ClF2N7OS/c27-18-13-17-23(21(29)20(18)16-4-1-5-19-22(16)32-25(30)38-19)33-26(34-24(17)36-11-7-31-8-12-36)37-14-15-3-2-9-35(15)10-6-28/h1,4-5,13-14,31H,2-3,6-12H2,(H2,30,32)/b15-14-. The lowest BCUT2D eigenvalue weighted by atomic mass is 10.0. The summed E-state index contributed by atoms with van der Waals surface area (Å²) in [5.41, 5.74) is 8.25. The van der Waals surface area contributed by atoms with Crippen LogP contribution in [0.15, 0.2) is 36.2 Å². The molecule has 2 aliphatic heterocycles. The summed E-state index contributed by atoms with van der Waals surface area (Å²) in [6, 6.07) is 7.22. The minimum atomic E-state index is -0.581. The summed E-state index contributed by atoms with van der Waals surface area (Å²) in [5.74, 6) is -0.0248. The van der Waals surface area contributed by atoms with Crippen molar-refractivity contribution in [1.29, 1.82) is 0 Å². The fraction of sp³-hybridized carbons (Fsp3) is 0.346. The van der Waals surface area contributed by atoms with Crippen molar-refractivity contribution in [3.05, 3.63) is 47.1 Å². The highest BCUT2D eigenvalue weighted by molar-refractivity contribution is 7.22. The molecule has 0 radical (unpaired) electrons. The fourth-order valence-corrected chi connectivity index (χ4v) is 6.16. The Labute approximate surface area is 227 Å². The third-order valence-corrected chi connectivity index (χ3v) is 8.03.